The molecule has 0 aliphatic rings. The molecule has 0 radical (unpaired) electrons. The molecule has 2 aromatic rings. The molecule has 0 unspecified atom stereocenters. The van der Waals surface area contributed by atoms with Gasteiger partial charge in [0.2, 0.25) is 0 Å². The van der Waals surface area contributed by atoms with Crippen molar-refractivity contribution in [2.75, 3.05) is 0 Å². The molecule has 2 heterocycles. The largest absolute Gasteiger partial charge is 0.307 e. The molecule has 0 aliphatic carbocycles. The SMILES string of the molecule is CCc1cn2ccc(CC#N)cc2n1. The van der Waals surface area contributed by atoms with Gasteiger partial charge in [-0.25, -0.2) is 4.98 Å². The zero-order chi connectivity index (χ0) is 9.97. The molecular formula is C11H11N3. The van der Waals surface area contributed by atoms with E-state index in [4.69, 9.17) is 5.26 Å². The number of aromatic nitrogens is 2. The van der Waals surface area contributed by atoms with E-state index in [2.05, 4.69) is 18.0 Å². The summed E-state index contributed by atoms with van der Waals surface area (Å²) >= 11 is 0. The van der Waals surface area contributed by atoms with Crippen molar-refractivity contribution in [1.82, 2.24) is 9.38 Å². The third kappa shape index (κ3) is 1.47. The van der Waals surface area contributed by atoms with Crippen LogP contribution in [-0.2, 0) is 12.8 Å². The van der Waals surface area contributed by atoms with Crippen molar-refractivity contribution in [2.24, 2.45) is 0 Å². The summed E-state index contributed by atoms with van der Waals surface area (Å²) in [7, 11) is 0. The third-order valence-corrected chi connectivity index (χ3v) is 2.22. The van der Waals surface area contributed by atoms with E-state index in [1.54, 1.807) is 0 Å². The van der Waals surface area contributed by atoms with E-state index in [1.165, 1.54) is 0 Å². The second-order valence-corrected chi connectivity index (χ2v) is 3.22. The van der Waals surface area contributed by atoms with Crippen LogP contribution in [0.3, 0.4) is 0 Å². The van der Waals surface area contributed by atoms with E-state index in [-0.39, 0.29) is 0 Å². The van der Waals surface area contributed by atoms with E-state index in [0.717, 1.165) is 23.3 Å². The van der Waals surface area contributed by atoms with Crippen LogP contribution >= 0.6 is 0 Å². The van der Waals surface area contributed by atoms with Crippen molar-refractivity contribution in [2.45, 2.75) is 19.8 Å². The second-order valence-electron chi connectivity index (χ2n) is 3.22. The smallest absolute Gasteiger partial charge is 0.137 e. The number of fused-ring (bicyclic) bond motifs is 1. The van der Waals surface area contributed by atoms with Gasteiger partial charge in [0.05, 0.1) is 18.2 Å². The summed E-state index contributed by atoms with van der Waals surface area (Å²) in [6.45, 7) is 2.08. The number of hydrogen-bond donors (Lipinski definition) is 0. The van der Waals surface area contributed by atoms with Gasteiger partial charge in [0.25, 0.3) is 0 Å². The van der Waals surface area contributed by atoms with Gasteiger partial charge >= 0.3 is 0 Å². The summed E-state index contributed by atoms with van der Waals surface area (Å²) in [4.78, 5) is 4.43. The normalized spacial score (nSPS) is 10.3. The van der Waals surface area contributed by atoms with Crippen LogP contribution in [0.4, 0.5) is 0 Å². The van der Waals surface area contributed by atoms with E-state index in [0.29, 0.717) is 6.42 Å². The summed E-state index contributed by atoms with van der Waals surface area (Å²) in [5.41, 5.74) is 3.03. The van der Waals surface area contributed by atoms with Crippen LogP contribution in [0.2, 0.25) is 0 Å². The van der Waals surface area contributed by atoms with E-state index >= 15 is 0 Å². The maximum atomic E-state index is 8.57. The van der Waals surface area contributed by atoms with Crippen molar-refractivity contribution in [3.63, 3.8) is 0 Å². The molecule has 0 saturated heterocycles. The number of rotatable bonds is 2. The molecule has 3 heteroatoms. The summed E-state index contributed by atoms with van der Waals surface area (Å²) in [6, 6.07) is 6.05. The first-order valence-corrected chi connectivity index (χ1v) is 4.67. The first kappa shape index (κ1) is 8.76. The summed E-state index contributed by atoms with van der Waals surface area (Å²) in [6.07, 6.45) is 5.36. The van der Waals surface area contributed by atoms with Crippen molar-refractivity contribution >= 4 is 5.65 Å². The maximum absolute atomic E-state index is 8.57. The lowest BCUT2D eigenvalue weighted by atomic mass is 10.2. The average molecular weight is 185 g/mol. The van der Waals surface area contributed by atoms with E-state index in [9.17, 15) is 0 Å². The molecule has 0 N–H and O–H groups in total. The molecule has 0 aliphatic heterocycles. The van der Waals surface area contributed by atoms with Gasteiger partial charge in [-0.05, 0) is 24.1 Å². The fraction of sp³-hybridized carbons (Fsp3) is 0.273. The number of nitrogens with zero attached hydrogens (tertiary/aromatic N) is 3. The predicted molar refractivity (Wildman–Crippen MR) is 53.9 cm³/mol. The Labute approximate surface area is 82.6 Å². The molecular weight excluding hydrogens is 174 g/mol. The molecule has 0 fully saturated rings. The Morgan fingerprint density at radius 1 is 1.57 bits per heavy atom. The van der Waals surface area contributed by atoms with Gasteiger partial charge in [0, 0.05) is 12.4 Å². The van der Waals surface area contributed by atoms with E-state index < -0.39 is 0 Å². The zero-order valence-electron chi connectivity index (χ0n) is 8.07. The lowest BCUT2D eigenvalue weighted by molar-refractivity contribution is 1.07. The average Bonchev–Trinajstić information content (AvgIpc) is 2.60. The number of imidazole rings is 1. The monoisotopic (exact) mass is 185 g/mol. The quantitative estimate of drug-likeness (QED) is 0.717. The second kappa shape index (κ2) is 3.51. The van der Waals surface area contributed by atoms with Gasteiger partial charge in [-0.2, -0.15) is 5.26 Å². The highest BCUT2D eigenvalue weighted by atomic mass is 15.0. The standard InChI is InChI=1S/C11H11N3/c1-2-10-8-14-6-4-9(3-5-12)7-11(14)13-10/h4,6-8H,2-3H2,1H3. The number of aryl methyl sites for hydroxylation is 1. The van der Waals surface area contributed by atoms with Gasteiger partial charge in [0.15, 0.2) is 0 Å². The maximum Gasteiger partial charge on any atom is 0.137 e. The minimum absolute atomic E-state index is 0.449. The molecule has 0 amide bonds. The Morgan fingerprint density at radius 2 is 2.43 bits per heavy atom. The van der Waals surface area contributed by atoms with Crippen LogP contribution in [0, 0.1) is 11.3 Å². The van der Waals surface area contributed by atoms with Crippen molar-refractivity contribution in [3.8, 4) is 6.07 Å². The van der Waals surface area contributed by atoms with Crippen LogP contribution < -0.4 is 0 Å². The van der Waals surface area contributed by atoms with Crippen LogP contribution in [0.5, 0.6) is 0 Å². The highest BCUT2D eigenvalue weighted by Gasteiger charge is 2.00. The predicted octanol–water partition coefficient (Wildman–Crippen LogP) is 1.96. The zero-order valence-corrected chi connectivity index (χ0v) is 8.07. The molecule has 3 nitrogen and oxygen atoms in total. The Hall–Kier alpha value is -1.82. The molecule has 70 valence electrons. The molecule has 0 aromatic carbocycles. The van der Waals surface area contributed by atoms with Gasteiger partial charge < -0.3 is 4.40 Å². The van der Waals surface area contributed by atoms with Crippen LogP contribution in [-0.4, -0.2) is 9.38 Å². The summed E-state index contributed by atoms with van der Waals surface area (Å²) < 4.78 is 1.99. The molecule has 2 rings (SSSR count). The van der Waals surface area contributed by atoms with Crippen molar-refractivity contribution in [1.29, 1.82) is 5.26 Å². The van der Waals surface area contributed by atoms with Gasteiger partial charge in [0.1, 0.15) is 5.65 Å². The summed E-state index contributed by atoms with van der Waals surface area (Å²) in [5, 5.41) is 8.57. The molecule has 0 saturated carbocycles. The number of hydrogen-bond acceptors (Lipinski definition) is 2. The molecule has 14 heavy (non-hydrogen) atoms. The Kier molecular flexibility index (Phi) is 2.19. The first-order valence-electron chi connectivity index (χ1n) is 4.67. The molecule has 0 bridgehead atoms. The Bertz CT molecular complexity index is 491. The van der Waals surface area contributed by atoms with Crippen LogP contribution in [0.1, 0.15) is 18.2 Å². The van der Waals surface area contributed by atoms with Crippen LogP contribution in [0.15, 0.2) is 24.5 Å². The molecule has 2 aromatic heterocycles. The van der Waals surface area contributed by atoms with Gasteiger partial charge in [-0.3, -0.25) is 0 Å². The molecule has 0 spiro atoms. The first-order chi connectivity index (χ1) is 6.83. The number of nitriles is 1. The fourth-order valence-electron chi connectivity index (χ4n) is 1.45. The molecule has 0 atom stereocenters. The van der Waals surface area contributed by atoms with Gasteiger partial charge in [-0.1, -0.05) is 6.92 Å². The third-order valence-electron chi connectivity index (χ3n) is 2.22. The van der Waals surface area contributed by atoms with Crippen LogP contribution in [0.25, 0.3) is 5.65 Å². The Morgan fingerprint density at radius 3 is 3.14 bits per heavy atom. The lowest BCUT2D eigenvalue weighted by Crippen LogP contribution is -1.86. The topological polar surface area (TPSA) is 41.1 Å². The van der Waals surface area contributed by atoms with Crippen molar-refractivity contribution < 1.29 is 0 Å². The fourth-order valence-corrected chi connectivity index (χ4v) is 1.45. The minimum Gasteiger partial charge on any atom is -0.307 e. The van der Waals surface area contributed by atoms with Gasteiger partial charge in [-0.15, -0.1) is 0 Å². The highest BCUT2D eigenvalue weighted by molar-refractivity contribution is 5.43. The minimum atomic E-state index is 0.449. The Balaban J connectivity index is 2.49. The van der Waals surface area contributed by atoms with Crippen molar-refractivity contribution in [3.05, 3.63) is 35.8 Å². The lowest BCUT2D eigenvalue weighted by Gasteiger charge is -1.95. The highest BCUT2D eigenvalue weighted by Crippen LogP contribution is 2.08. The van der Waals surface area contributed by atoms with E-state index in [1.807, 2.05) is 28.9 Å². The summed E-state index contributed by atoms with van der Waals surface area (Å²) in [5.74, 6) is 0. The number of pyridine rings is 1.